The van der Waals surface area contributed by atoms with Crippen LogP contribution in [-0.2, 0) is 20.7 Å². The van der Waals surface area contributed by atoms with Gasteiger partial charge in [0.05, 0.1) is 19.6 Å². The molecule has 0 spiro atoms. The molecule has 1 fully saturated rings. The van der Waals surface area contributed by atoms with Crippen LogP contribution in [0.1, 0.15) is 18.9 Å². The number of halogens is 3. The summed E-state index contributed by atoms with van der Waals surface area (Å²) in [4.78, 5) is 27.7. The largest absolute Gasteiger partial charge is 0.573 e. The van der Waals surface area contributed by atoms with Crippen molar-refractivity contribution in [2.45, 2.75) is 26.1 Å². The molecule has 0 aliphatic carbocycles. The Kier molecular flexibility index (Phi) is 7.46. The van der Waals surface area contributed by atoms with Crippen LogP contribution in [0.5, 0.6) is 5.75 Å². The van der Waals surface area contributed by atoms with E-state index in [1.165, 1.54) is 24.3 Å². The molecule has 0 bridgehead atoms. The second-order valence-electron chi connectivity index (χ2n) is 6.18. The Bertz CT molecular complexity index is 634. The topological polar surface area (TPSA) is 59.1 Å². The zero-order valence-electron chi connectivity index (χ0n) is 15.1. The van der Waals surface area contributed by atoms with Crippen molar-refractivity contribution in [3.63, 3.8) is 0 Å². The molecule has 0 unspecified atom stereocenters. The third-order valence-electron chi connectivity index (χ3n) is 4.11. The summed E-state index contributed by atoms with van der Waals surface area (Å²) >= 11 is 0. The third-order valence-corrected chi connectivity index (χ3v) is 4.11. The Hall–Kier alpha value is -2.29. The molecule has 1 aliphatic rings. The number of rotatable bonds is 6. The Morgan fingerprint density at radius 1 is 1.07 bits per heavy atom. The first-order chi connectivity index (χ1) is 12.8. The lowest BCUT2D eigenvalue weighted by Crippen LogP contribution is -2.37. The Balaban J connectivity index is 1.84. The van der Waals surface area contributed by atoms with E-state index in [-0.39, 0.29) is 30.6 Å². The zero-order chi connectivity index (χ0) is 19.9. The van der Waals surface area contributed by atoms with Crippen molar-refractivity contribution in [2.24, 2.45) is 0 Å². The fourth-order valence-corrected chi connectivity index (χ4v) is 2.86. The minimum Gasteiger partial charge on any atom is -0.465 e. The van der Waals surface area contributed by atoms with Gasteiger partial charge in [0.25, 0.3) is 0 Å². The molecule has 2 rings (SSSR count). The molecule has 1 heterocycles. The molecule has 0 atom stereocenters. The molecule has 1 aromatic rings. The number of hydrogen-bond acceptors (Lipinski definition) is 5. The number of carbonyl (C=O) groups is 2. The molecular weight excluding hydrogens is 365 g/mol. The molecule has 1 aromatic carbocycles. The Morgan fingerprint density at radius 3 is 2.41 bits per heavy atom. The van der Waals surface area contributed by atoms with Gasteiger partial charge >= 0.3 is 12.3 Å². The Morgan fingerprint density at radius 2 is 1.78 bits per heavy atom. The molecule has 1 saturated heterocycles. The van der Waals surface area contributed by atoms with Gasteiger partial charge in [-0.3, -0.25) is 14.5 Å². The van der Waals surface area contributed by atoms with E-state index in [1.807, 2.05) is 4.90 Å². The van der Waals surface area contributed by atoms with E-state index >= 15 is 0 Å². The molecule has 0 aromatic heterocycles. The monoisotopic (exact) mass is 388 g/mol. The van der Waals surface area contributed by atoms with E-state index in [0.717, 1.165) is 6.42 Å². The third kappa shape index (κ3) is 7.46. The van der Waals surface area contributed by atoms with Crippen LogP contribution in [0.15, 0.2) is 24.3 Å². The van der Waals surface area contributed by atoms with Gasteiger partial charge in [-0.05, 0) is 31.0 Å². The van der Waals surface area contributed by atoms with Crippen molar-refractivity contribution in [1.29, 1.82) is 0 Å². The second kappa shape index (κ2) is 9.59. The molecule has 6 nitrogen and oxygen atoms in total. The summed E-state index contributed by atoms with van der Waals surface area (Å²) in [5.74, 6) is -0.695. The van der Waals surface area contributed by atoms with Crippen LogP contribution >= 0.6 is 0 Å². The number of esters is 1. The van der Waals surface area contributed by atoms with Gasteiger partial charge in [-0.1, -0.05) is 12.1 Å². The zero-order valence-corrected chi connectivity index (χ0v) is 15.1. The first kappa shape index (κ1) is 21.0. The summed E-state index contributed by atoms with van der Waals surface area (Å²) in [5, 5.41) is 0. The van der Waals surface area contributed by atoms with E-state index in [9.17, 15) is 22.8 Å². The summed E-state index contributed by atoms with van der Waals surface area (Å²) in [7, 11) is 0. The number of alkyl halides is 3. The van der Waals surface area contributed by atoms with E-state index in [4.69, 9.17) is 4.74 Å². The molecular formula is C18H23F3N2O4. The van der Waals surface area contributed by atoms with Crippen LogP contribution in [0.2, 0.25) is 0 Å². The van der Waals surface area contributed by atoms with Crippen molar-refractivity contribution in [2.75, 3.05) is 39.3 Å². The highest BCUT2D eigenvalue weighted by atomic mass is 19.4. The highest BCUT2D eigenvalue weighted by Gasteiger charge is 2.31. The van der Waals surface area contributed by atoms with Crippen LogP contribution in [0.4, 0.5) is 13.2 Å². The van der Waals surface area contributed by atoms with Crippen molar-refractivity contribution >= 4 is 11.9 Å². The lowest BCUT2D eigenvalue weighted by atomic mass is 10.1. The number of nitrogens with zero attached hydrogens (tertiary/aromatic N) is 2. The van der Waals surface area contributed by atoms with Gasteiger partial charge in [-0.25, -0.2) is 0 Å². The molecule has 1 aliphatic heterocycles. The highest BCUT2D eigenvalue weighted by Crippen LogP contribution is 2.23. The average molecular weight is 388 g/mol. The van der Waals surface area contributed by atoms with Gasteiger partial charge < -0.3 is 14.4 Å². The molecule has 0 saturated carbocycles. The SMILES string of the molecule is CCOC(=O)CN1CCCN(C(=O)Cc2ccc(OC(F)(F)F)cc2)CC1. The number of ether oxygens (including phenoxy) is 2. The number of amides is 1. The predicted octanol–water partition coefficient (Wildman–Crippen LogP) is 2.23. The van der Waals surface area contributed by atoms with Gasteiger partial charge in [-0.15, -0.1) is 13.2 Å². The lowest BCUT2D eigenvalue weighted by Gasteiger charge is -2.21. The maximum Gasteiger partial charge on any atom is 0.573 e. The number of carbonyl (C=O) groups excluding carboxylic acids is 2. The van der Waals surface area contributed by atoms with Crippen molar-refractivity contribution < 1.29 is 32.2 Å². The van der Waals surface area contributed by atoms with Gasteiger partial charge in [-0.2, -0.15) is 0 Å². The molecule has 27 heavy (non-hydrogen) atoms. The van der Waals surface area contributed by atoms with Gasteiger partial charge in [0.1, 0.15) is 5.75 Å². The molecule has 0 N–H and O–H groups in total. The summed E-state index contributed by atoms with van der Waals surface area (Å²) in [5.41, 5.74) is 0.613. The van der Waals surface area contributed by atoms with Crippen molar-refractivity contribution in [3.05, 3.63) is 29.8 Å². The lowest BCUT2D eigenvalue weighted by molar-refractivity contribution is -0.274. The minimum absolute atomic E-state index is 0.0996. The highest BCUT2D eigenvalue weighted by molar-refractivity contribution is 5.79. The van der Waals surface area contributed by atoms with Crippen LogP contribution in [-0.4, -0.2) is 67.4 Å². The fraction of sp³-hybridized carbons (Fsp3) is 0.556. The molecule has 1 amide bonds. The normalized spacial score (nSPS) is 15.9. The maximum atomic E-state index is 12.5. The van der Waals surface area contributed by atoms with Crippen molar-refractivity contribution in [3.8, 4) is 5.75 Å². The van der Waals surface area contributed by atoms with Gasteiger partial charge in [0.15, 0.2) is 0 Å². The molecule has 150 valence electrons. The summed E-state index contributed by atoms with van der Waals surface area (Å²) in [6.45, 7) is 4.64. The molecule has 0 radical (unpaired) electrons. The minimum atomic E-state index is -4.74. The van der Waals surface area contributed by atoms with E-state index in [0.29, 0.717) is 38.3 Å². The summed E-state index contributed by atoms with van der Waals surface area (Å²) in [6.07, 6.45) is -3.90. The number of hydrogen-bond donors (Lipinski definition) is 0. The average Bonchev–Trinajstić information content (AvgIpc) is 2.81. The summed E-state index contributed by atoms with van der Waals surface area (Å²) < 4.78 is 45.3. The van der Waals surface area contributed by atoms with Crippen LogP contribution in [0.3, 0.4) is 0 Å². The van der Waals surface area contributed by atoms with Crippen molar-refractivity contribution in [1.82, 2.24) is 9.80 Å². The first-order valence-electron chi connectivity index (χ1n) is 8.77. The van der Waals surface area contributed by atoms with E-state index in [2.05, 4.69) is 4.74 Å². The van der Waals surface area contributed by atoms with Gasteiger partial charge in [0, 0.05) is 26.2 Å². The standard InChI is InChI=1S/C18H23F3N2O4/c1-2-26-17(25)13-22-8-3-9-23(11-10-22)16(24)12-14-4-6-15(7-5-14)27-18(19,20)21/h4-7H,2-3,8-13H2,1H3. The first-order valence-corrected chi connectivity index (χ1v) is 8.77. The van der Waals surface area contributed by atoms with Crippen LogP contribution in [0, 0.1) is 0 Å². The second-order valence-corrected chi connectivity index (χ2v) is 6.18. The fourth-order valence-electron chi connectivity index (χ4n) is 2.86. The Labute approximate surface area is 155 Å². The maximum absolute atomic E-state index is 12.5. The smallest absolute Gasteiger partial charge is 0.465 e. The summed E-state index contributed by atoms with van der Waals surface area (Å²) in [6, 6.07) is 5.28. The molecule has 9 heteroatoms. The van der Waals surface area contributed by atoms with E-state index in [1.54, 1.807) is 11.8 Å². The number of benzene rings is 1. The van der Waals surface area contributed by atoms with Gasteiger partial charge in [0.2, 0.25) is 5.91 Å². The van der Waals surface area contributed by atoms with Crippen LogP contribution < -0.4 is 4.74 Å². The van der Waals surface area contributed by atoms with E-state index < -0.39 is 6.36 Å². The van der Waals surface area contributed by atoms with Crippen LogP contribution in [0.25, 0.3) is 0 Å². The quantitative estimate of drug-likeness (QED) is 0.700. The predicted molar refractivity (Wildman–Crippen MR) is 91.1 cm³/mol.